The standard InChI is InChI=1S/C21H31N3O6/c1-9-11-13-29-20(27)17(5)23(7)18(25)15(3)22(6)19(26)16(4)24(8)21(28)30-14-12-10-2/h1-2,15-17H,11-14H2,3-8H3. The zero-order valence-electron chi connectivity index (χ0n) is 18.5. The van der Waals surface area contributed by atoms with Gasteiger partial charge in [-0.1, -0.05) is 0 Å². The van der Waals surface area contributed by atoms with E-state index in [1.165, 1.54) is 51.7 Å². The maximum absolute atomic E-state index is 12.7. The van der Waals surface area contributed by atoms with E-state index in [-0.39, 0.29) is 26.1 Å². The second-order valence-electron chi connectivity index (χ2n) is 6.73. The molecule has 0 heterocycles. The van der Waals surface area contributed by atoms with Crippen LogP contribution in [0.1, 0.15) is 33.6 Å². The summed E-state index contributed by atoms with van der Waals surface area (Å²) in [6.45, 7) is 4.69. The van der Waals surface area contributed by atoms with E-state index < -0.39 is 42.0 Å². The van der Waals surface area contributed by atoms with Crippen molar-refractivity contribution >= 4 is 23.9 Å². The molecule has 166 valence electrons. The van der Waals surface area contributed by atoms with Gasteiger partial charge in [-0.25, -0.2) is 9.59 Å². The molecule has 0 aliphatic rings. The van der Waals surface area contributed by atoms with Gasteiger partial charge in [0, 0.05) is 34.0 Å². The number of carbonyl (C=O) groups is 4. The third-order valence-electron chi connectivity index (χ3n) is 4.74. The summed E-state index contributed by atoms with van der Waals surface area (Å²) >= 11 is 0. The highest BCUT2D eigenvalue weighted by Gasteiger charge is 2.34. The molecule has 0 aromatic carbocycles. The van der Waals surface area contributed by atoms with Crippen LogP contribution >= 0.6 is 0 Å². The van der Waals surface area contributed by atoms with Gasteiger partial charge in [-0.3, -0.25) is 14.5 Å². The van der Waals surface area contributed by atoms with Gasteiger partial charge in [0.25, 0.3) is 0 Å². The topological polar surface area (TPSA) is 96.5 Å². The minimum absolute atomic E-state index is 0.0471. The first-order chi connectivity index (χ1) is 14.0. The summed E-state index contributed by atoms with van der Waals surface area (Å²) in [5.41, 5.74) is 0. The molecular weight excluding hydrogens is 390 g/mol. The molecule has 3 unspecified atom stereocenters. The summed E-state index contributed by atoms with van der Waals surface area (Å²) in [6, 6.07) is -2.61. The second-order valence-corrected chi connectivity index (χ2v) is 6.73. The van der Waals surface area contributed by atoms with Crippen molar-refractivity contribution in [1.29, 1.82) is 0 Å². The normalized spacial score (nSPS) is 12.9. The molecule has 3 amide bonds. The van der Waals surface area contributed by atoms with E-state index >= 15 is 0 Å². The van der Waals surface area contributed by atoms with E-state index in [0.717, 1.165) is 4.90 Å². The molecule has 0 spiro atoms. The van der Waals surface area contributed by atoms with Crippen LogP contribution in [0.15, 0.2) is 0 Å². The first kappa shape index (κ1) is 26.8. The van der Waals surface area contributed by atoms with Crippen molar-refractivity contribution in [3.63, 3.8) is 0 Å². The molecule has 0 radical (unpaired) electrons. The van der Waals surface area contributed by atoms with Crippen molar-refractivity contribution in [2.75, 3.05) is 34.4 Å². The summed E-state index contributed by atoms with van der Waals surface area (Å²) in [4.78, 5) is 53.0. The zero-order valence-corrected chi connectivity index (χ0v) is 18.5. The van der Waals surface area contributed by atoms with Crippen LogP contribution in [0.2, 0.25) is 0 Å². The highest BCUT2D eigenvalue weighted by atomic mass is 16.6. The number of amides is 3. The van der Waals surface area contributed by atoms with Gasteiger partial charge >= 0.3 is 12.1 Å². The van der Waals surface area contributed by atoms with Crippen LogP contribution < -0.4 is 0 Å². The fraction of sp³-hybridized carbons (Fsp3) is 0.619. The number of terminal acetylenes is 2. The number of carbonyl (C=O) groups excluding carboxylic acids is 4. The molecule has 0 saturated carbocycles. The van der Waals surface area contributed by atoms with Gasteiger partial charge in [-0.2, -0.15) is 0 Å². The maximum Gasteiger partial charge on any atom is 0.410 e. The van der Waals surface area contributed by atoms with Crippen molar-refractivity contribution in [1.82, 2.24) is 14.7 Å². The molecule has 0 fully saturated rings. The monoisotopic (exact) mass is 421 g/mol. The van der Waals surface area contributed by atoms with E-state index in [1.807, 2.05) is 0 Å². The van der Waals surface area contributed by atoms with E-state index in [9.17, 15) is 19.2 Å². The van der Waals surface area contributed by atoms with Crippen LogP contribution in [0.4, 0.5) is 4.79 Å². The van der Waals surface area contributed by atoms with Gasteiger partial charge < -0.3 is 19.3 Å². The number of hydrogen-bond donors (Lipinski definition) is 0. The maximum atomic E-state index is 12.7. The Balaban J connectivity index is 4.97. The predicted molar refractivity (Wildman–Crippen MR) is 111 cm³/mol. The molecule has 0 rings (SSSR count). The van der Waals surface area contributed by atoms with Crippen molar-refractivity contribution in [3.05, 3.63) is 0 Å². The molecule has 0 aliphatic carbocycles. The van der Waals surface area contributed by atoms with Gasteiger partial charge in [0.1, 0.15) is 31.3 Å². The Morgan fingerprint density at radius 3 is 1.60 bits per heavy atom. The fourth-order valence-corrected chi connectivity index (χ4v) is 2.25. The number of hydrogen-bond acceptors (Lipinski definition) is 6. The lowest BCUT2D eigenvalue weighted by molar-refractivity contribution is -0.155. The highest BCUT2D eigenvalue weighted by Crippen LogP contribution is 2.10. The lowest BCUT2D eigenvalue weighted by Gasteiger charge is -2.33. The van der Waals surface area contributed by atoms with Gasteiger partial charge in [-0.15, -0.1) is 24.7 Å². The third kappa shape index (κ3) is 7.67. The first-order valence-corrected chi connectivity index (χ1v) is 9.47. The number of ether oxygens (including phenoxy) is 2. The van der Waals surface area contributed by atoms with E-state index in [4.69, 9.17) is 22.3 Å². The van der Waals surface area contributed by atoms with Crippen LogP contribution in [-0.2, 0) is 23.9 Å². The van der Waals surface area contributed by atoms with Crippen LogP contribution in [-0.4, -0.2) is 91.1 Å². The minimum atomic E-state index is -0.878. The van der Waals surface area contributed by atoms with Gasteiger partial charge in [0.05, 0.1) is 0 Å². The quantitative estimate of drug-likeness (QED) is 0.293. The molecule has 3 atom stereocenters. The number of esters is 1. The Bertz CT molecular complexity index is 649. The predicted octanol–water partition coefficient (Wildman–Crippen LogP) is 0.727. The fourth-order valence-electron chi connectivity index (χ4n) is 2.25. The van der Waals surface area contributed by atoms with Crippen LogP contribution in [0.5, 0.6) is 0 Å². The average Bonchev–Trinajstić information content (AvgIpc) is 2.74. The average molecular weight is 421 g/mol. The summed E-state index contributed by atoms with van der Waals surface area (Å²) in [5, 5.41) is 0. The molecule has 0 bridgehead atoms. The van der Waals surface area contributed by atoms with Crippen LogP contribution in [0, 0.1) is 24.7 Å². The molecule has 0 aromatic rings. The van der Waals surface area contributed by atoms with Gasteiger partial charge in [0.15, 0.2) is 0 Å². The van der Waals surface area contributed by atoms with Crippen LogP contribution in [0.3, 0.4) is 0 Å². The highest BCUT2D eigenvalue weighted by molar-refractivity contribution is 5.92. The summed E-state index contributed by atoms with van der Waals surface area (Å²) in [7, 11) is 4.31. The summed E-state index contributed by atoms with van der Waals surface area (Å²) < 4.78 is 9.99. The van der Waals surface area contributed by atoms with Crippen LogP contribution in [0.25, 0.3) is 0 Å². The van der Waals surface area contributed by atoms with Crippen molar-refractivity contribution in [2.24, 2.45) is 0 Å². The van der Waals surface area contributed by atoms with Crippen molar-refractivity contribution < 1.29 is 28.7 Å². The SMILES string of the molecule is C#CCCOC(=O)C(C)N(C)C(=O)C(C)N(C)C(=O)C(C)N(C)C(=O)OCCC#C. The Kier molecular flexibility index (Phi) is 11.7. The smallest absolute Gasteiger partial charge is 0.410 e. The lowest BCUT2D eigenvalue weighted by atomic mass is 10.2. The van der Waals surface area contributed by atoms with E-state index in [1.54, 1.807) is 0 Å². The molecule has 30 heavy (non-hydrogen) atoms. The molecular formula is C21H31N3O6. The van der Waals surface area contributed by atoms with Gasteiger partial charge in [-0.05, 0) is 20.8 Å². The summed E-state index contributed by atoms with van der Waals surface area (Å²) in [5.74, 6) is 3.18. The Labute approximate surface area is 178 Å². The lowest BCUT2D eigenvalue weighted by Crippen LogP contribution is -2.54. The Morgan fingerprint density at radius 2 is 1.13 bits per heavy atom. The largest absolute Gasteiger partial charge is 0.463 e. The zero-order chi connectivity index (χ0) is 23.4. The molecule has 0 N–H and O–H groups in total. The van der Waals surface area contributed by atoms with E-state index in [0.29, 0.717) is 0 Å². The Hall–Kier alpha value is -3.20. The van der Waals surface area contributed by atoms with Crippen molar-refractivity contribution in [3.8, 4) is 24.7 Å². The molecule has 0 aromatic heterocycles. The number of likely N-dealkylation sites (N-methyl/N-ethyl adjacent to an activating group) is 3. The number of nitrogens with zero attached hydrogens (tertiary/aromatic N) is 3. The second kappa shape index (κ2) is 13.1. The molecule has 0 aliphatic heterocycles. The molecule has 9 nitrogen and oxygen atoms in total. The van der Waals surface area contributed by atoms with Gasteiger partial charge in [0.2, 0.25) is 11.8 Å². The Morgan fingerprint density at radius 1 is 0.733 bits per heavy atom. The van der Waals surface area contributed by atoms with Crippen molar-refractivity contribution in [2.45, 2.75) is 51.7 Å². The minimum Gasteiger partial charge on any atom is -0.463 e. The summed E-state index contributed by atoms with van der Waals surface area (Å²) in [6.07, 6.45) is 10.1. The first-order valence-electron chi connectivity index (χ1n) is 9.47. The third-order valence-corrected chi connectivity index (χ3v) is 4.74. The number of rotatable bonds is 10. The van der Waals surface area contributed by atoms with E-state index in [2.05, 4.69) is 11.8 Å². The molecule has 9 heteroatoms. The molecule has 0 saturated heterocycles.